The smallest absolute Gasteiger partial charge is 0.338 e. The molecule has 3 aromatic rings. The van der Waals surface area contributed by atoms with Crippen molar-refractivity contribution in [3.05, 3.63) is 47.2 Å². The van der Waals surface area contributed by atoms with Crippen LogP contribution in [0.25, 0.3) is 10.9 Å². The number of rotatable bonds is 10. The predicted molar refractivity (Wildman–Crippen MR) is 169 cm³/mol. The van der Waals surface area contributed by atoms with Gasteiger partial charge in [-0.1, -0.05) is 0 Å². The van der Waals surface area contributed by atoms with Crippen LogP contribution < -0.4 is 23.8 Å². The molecule has 46 heavy (non-hydrogen) atoms. The number of aromatic nitrogens is 1. The zero-order valence-corrected chi connectivity index (χ0v) is 27.5. The Bertz CT molecular complexity index is 1560. The fraction of sp³-hybridized carbons (Fsp3) is 0.543. The number of ether oxygens (including phenoxy) is 7. The Kier molecular flexibility index (Phi) is 9.33. The SMILES string of the molecule is CCOc1cc(C(=O)O[C@H]2C[C@@H]3C[NH+]4CCc5c([nH]c6cc(OC)ccc56)[C@@H]4C[C@@H]3[C@H](C(=O)OC)[C@H]2OC)cc(OCC)c1OC. The molecule has 1 aromatic heterocycles. The van der Waals surface area contributed by atoms with E-state index in [4.69, 9.17) is 33.2 Å². The minimum Gasteiger partial charge on any atom is -0.497 e. The first-order chi connectivity index (χ1) is 22.3. The number of aromatic amines is 1. The van der Waals surface area contributed by atoms with E-state index >= 15 is 0 Å². The molecule has 0 radical (unpaired) electrons. The summed E-state index contributed by atoms with van der Waals surface area (Å²) >= 11 is 0. The maximum Gasteiger partial charge on any atom is 0.338 e. The summed E-state index contributed by atoms with van der Waals surface area (Å²) in [4.78, 5) is 32.4. The van der Waals surface area contributed by atoms with Gasteiger partial charge in [0.15, 0.2) is 11.5 Å². The van der Waals surface area contributed by atoms with Crippen molar-refractivity contribution in [3.63, 3.8) is 0 Å². The van der Waals surface area contributed by atoms with Crippen molar-refractivity contribution >= 4 is 22.8 Å². The zero-order valence-electron chi connectivity index (χ0n) is 27.5. The maximum atomic E-state index is 13.7. The van der Waals surface area contributed by atoms with Gasteiger partial charge in [-0.15, -0.1) is 0 Å². The topological polar surface area (TPSA) is 119 Å². The summed E-state index contributed by atoms with van der Waals surface area (Å²) in [5.74, 6) is 0.687. The van der Waals surface area contributed by atoms with Crippen molar-refractivity contribution in [2.45, 2.75) is 51.4 Å². The quantitative estimate of drug-likeness (QED) is 0.322. The van der Waals surface area contributed by atoms with E-state index in [1.165, 1.54) is 35.8 Å². The molecular weight excluding hydrogens is 592 g/mol. The Balaban J connectivity index is 1.29. The monoisotopic (exact) mass is 637 g/mol. The van der Waals surface area contributed by atoms with Gasteiger partial charge in [-0.2, -0.15) is 0 Å². The molecule has 1 aliphatic carbocycles. The molecule has 3 aliphatic rings. The Hall–Kier alpha value is -3.96. The largest absolute Gasteiger partial charge is 0.497 e. The van der Waals surface area contributed by atoms with Crippen LogP contribution in [0.5, 0.6) is 23.0 Å². The molecule has 7 atom stereocenters. The zero-order chi connectivity index (χ0) is 32.5. The van der Waals surface area contributed by atoms with E-state index < -0.39 is 24.1 Å². The molecule has 0 spiro atoms. The Morgan fingerprint density at radius 2 is 1.70 bits per heavy atom. The number of fused-ring (bicyclic) bond motifs is 6. The number of quaternary nitrogens is 1. The fourth-order valence-corrected chi connectivity index (χ4v) is 8.19. The molecule has 2 N–H and O–H groups in total. The summed E-state index contributed by atoms with van der Waals surface area (Å²) < 4.78 is 40.1. The van der Waals surface area contributed by atoms with Gasteiger partial charge in [0.25, 0.3) is 0 Å². The van der Waals surface area contributed by atoms with Crippen LogP contribution in [-0.4, -0.2) is 83.9 Å². The molecule has 2 aromatic carbocycles. The molecule has 11 heteroatoms. The first kappa shape index (κ1) is 32.0. The minimum atomic E-state index is -0.662. The van der Waals surface area contributed by atoms with Crippen LogP contribution in [0, 0.1) is 17.8 Å². The third-order valence-electron chi connectivity index (χ3n) is 10.1. The molecule has 6 rings (SSSR count). The van der Waals surface area contributed by atoms with Crippen molar-refractivity contribution < 1.29 is 47.6 Å². The summed E-state index contributed by atoms with van der Waals surface area (Å²) in [5, 5.41) is 1.23. The second kappa shape index (κ2) is 13.4. The number of H-pyrrole nitrogens is 1. The van der Waals surface area contributed by atoms with Crippen molar-refractivity contribution in [2.75, 3.05) is 54.7 Å². The third-order valence-corrected chi connectivity index (χ3v) is 10.1. The lowest BCUT2D eigenvalue weighted by molar-refractivity contribution is -0.945. The Labute approximate surface area is 269 Å². The average Bonchev–Trinajstić information content (AvgIpc) is 3.45. The van der Waals surface area contributed by atoms with Gasteiger partial charge in [-0.25, -0.2) is 4.79 Å². The van der Waals surface area contributed by atoms with Crippen LogP contribution >= 0.6 is 0 Å². The molecule has 1 unspecified atom stereocenters. The van der Waals surface area contributed by atoms with Crippen LogP contribution in [0.15, 0.2) is 30.3 Å². The number of hydrogen-bond acceptors (Lipinski definition) is 9. The fourth-order valence-electron chi connectivity index (χ4n) is 8.19. The number of benzene rings is 2. The second-order valence-corrected chi connectivity index (χ2v) is 12.3. The predicted octanol–water partition coefficient (Wildman–Crippen LogP) is 3.53. The van der Waals surface area contributed by atoms with Gasteiger partial charge >= 0.3 is 11.9 Å². The molecule has 2 aliphatic heterocycles. The van der Waals surface area contributed by atoms with E-state index in [0.717, 1.165) is 37.2 Å². The molecule has 11 nitrogen and oxygen atoms in total. The first-order valence-electron chi connectivity index (χ1n) is 16.2. The van der Waals surface area contributed by atoms with E-state index in [1.54, 1.807) is 26.4 Å². The number of esters is 2. The Morgan fingerprint density at radius 3 is 2.33 bits per heavy atom. The van der Waals surface area contributed by atoms with Gasteiger partial charge in [-0.3, -0.25) is 4.79 Å². The van der Waals surface area contributed by atoms with Crippen LogP contribution in [0.2, 0.25) is 0 Å². The van der Waals surface area contributed by atoms with Crippen LogP contribution in [-0.2, 0) is 25.4 Å². The summed E-state index contributed by atoms with van der Waals surface area (Å²) in [5.41, 5.74) is 3.93. The number of nitrogens with one attached hydrogen (secondary N) is 2. The molecule has 248 valence electrons. The van der Waals surface area contributed by atoms with Gasteiger partial charge in [-0.05, 0) is 56.0 Å². The number of carbonyl (C=O) groups excluding carboxylic acids is 2. The molecule has 0 amide bonds. The van der Waals surface area contributed by atoms with Crippen molar-refractivity contribution in [2.24, 2.45) is 17.8 Å². The van der Waals surface area contributed by atoms with E-state index in [0.29, 0.717) is 36.9 Å². The highest BCUT2D eigenvalue weighted by Gasteiger charge is 2.56. The summed E-state index contributed by atoms with van der Waals surface area (Å²) in [6.07, 6.45) is 1.04. The van der Waals surface area contributed by atoms with E-state index in [2.05, 4.69) is 11.1 Å². The number of methoxy groups -OCH3 is 4. The maximum absolute atomic E-state index is 13.7. The van der Waals surface area contributed by atoms with E-state index in [-0.39, 0.29) is 29.4 Å². The van der Waals surface area contributed by atoms with Crippen LogP contribution in [0.1, 0.15) is 54.3 Å². The standard InChI is InChI=1S/C35H44N2O9/c1-7-44-27-13-19(14-28(45-8-2)32(27)41-4)34(38)46-29-15-20-18-37-12-11-23-22-10-9-21(40-3)16-25(22)36-31(23)26(37)17-24(20)30(33(29)42-5)35(39)43-6/h9-10,13-14,16,20,24,26,29-30,33,36H,7-8,11-12,15,17-18H2,1-6H3/p+1/t20-,24+,26+,29+,30+,33+/m1/s1. The number of piperidine rings is 1. The Morgan fingerprint density at radius 1 is 0.957 bits per heavy atom. The molecule has 1 saturated carbocycles. The lowest BCUT2D eigenvalue weighted by Crippen LogP contribution is -3.15. The molecule has 0 bridgehead atoms. The third kappa shape index (κ3) is 5.64. The first-order valence-corrected chi connectivity index (χ1v) is 16.2. The van der Waals surface area contributed by atoms with E-state index in [9.17, 15) is 9.59 Å². The van der Waals surface area contributed by atoms with Gasteiger partial charge in [0, 0.05) is 42.8 Å². The lowest BCUT2D eigenvalue weighted by atomic mass is 9.63. The normalized spacial score (nSPS) is 26.7. The van der Waals surface area contributed by atoms with Gasteiger partial charge in [0.05, 0.1) is 64.8 Å². The summed E-state index contributed by atoms with van der Waals surface area (Å²) in [6, 6.07) is 9.61. The molecule has 2 fully saturated rings. The highest BCUT2D eigenvalue weighted by molar-refractivity contribution is 5.91. The average molecular weight is 638 g/mol. The summed E-state index contributed by atoms with van der Waals surface area (Å²) in [6.45, 7) is 6.33. The highest BCUT2D eigenvalue weighted by atomic mass is 16.6. The van der Waals surface area contributed by atoms with Gasteiger partial charge < -0.3 is 43.0 Å². The number of hydrogen-bond donors (Lipinski definition) is 2. The van der Waals surface area contributed by atoms with Crippen molar-refractivity contribution in [1.82, 2.24) is 4.98 Å². The minimum absolute atomic E-state index is 0.00287. The molecular formula is C35H45N2O9+. The van der Waals surface area contributed by atoms with Crippen LogP contribution in [0.4, 0.5) is 0 Å². The second-order valence-electron chi connectivity index (χ2n) is 12.3. The van der Waals surface area contributed by atoms with Gasteiger partial charge in [0.1, 0.15) is 24.0 Å². The molecule has 1 saturated heterocycles. The summed E-state index contributed by atoms with van der Waals surface area (Å²) in [7, 11) is 6.19. The van der Waals surface area contributed by atoms with Gasteiger partial charge in [0.2, 0.25) is 5.75 Å². The lowest BCUT2D eigenvalue weighted by Gasteiger charge is -2.50. The molecule has 3 heterocycles. The van der Waals surface area contributed by atoms with Crippen molar-refractivity contribution in [3.8, 4) is 23.0 Å². The van der Waals surface area contributed by atoms with E-state index in [1.807, 2.05) is 26.0 Å². The highest BCUT2D eigenvalue weighted by Crippen LogP contribution is 2.46. The van der Waals surface area contributed by atoms with Crippen LogP contribution in [0.3, 0.4) is 0 Å². The van der Waals surface area contributed by atoms with Crippen molar-refractivity contribution in [1.29, 1.82) is 0 Å². The number of carbonyl (C=O) groups is 2.